The lowest BCUT2D eigenvalue weighted by atomic mass is 10.1. The Hall–Kier alpha value is -2.80. The molecule has 1 aliphatic rings. The number of nitrogens with one attached hydrogen (secondary N) is 1. The van der Waals surface area contributed by atoms with Crippen molar-refractivity contribution in [1.82, 2.24) is 0 Å². The summed E-state index contributed by atoms with van der Waals surface area (Å²) in [6.07, 6.45) is 0.611. The van der Waals surface area contributed by atoms with Gasteiger partial charge in [-0.1, -0.05) is 18.2 Å². The van der Waals surface area contributed by atoms with E-state index in [0.29, 0.717) is 5.69 Å². The normalized spacial score (nSPS) is 16.2. The maximum Gasteiger partial charge on any atom is 0.303 e. The standard InChI is InChI=1S/C22H24N2O4S/c1-14-13-16-5-3-4-6-19(16)24(14)22(28)15(2)29-18-9-7-17(8-10-18)23-20(25)11-12-21(26)27/h3-10,14-15H,11-13H2,1-2H3,(H,23,25)(H,26,27)/t14-,15+/m0/s1. The van der Waals surface area contributed by atoms with E-state index < -0.39 is 5.97 Å². The molecule has 7 heteroatoms. The molecule has 0 saturated carbocycles. The molecule has 0 unspecified atom stereocenters. The average molecular weight is 413 g/mol. The first-order valence-electron chi connectivity index (χ1n) is 9.54. The molecule has 0 fully saturated rings. The first-order valence-corrected chi connectivity index (χ1v) is 10.4. The molecule has 0 aliphatic carbocycles. The molecular weight excluding hydrogens is 388 g/mol. The molecule has 29 heavy (non-hydrogen) atoms. The second-order valence-electron chi connectivity index (χ2n) is 7.12. The number of hydrogen-bond acceptors (Lipinski definition) is 4. The summed E-state index contributed by atoms with van der Waals surface area (Å²) in [4.78, 5) is 38.1. The number of thioether (sulfide) groups is 1. The minimum Gasteiger partial charge on any atom is -0.481 e. The minimum absolute atomic E-state index is 0.0626. The smallest absolute Gasteiger partial charge is 0.303 e. The molecule has 2 atom stereocenters. The van der Waals surface area contributed by atoms with Crippen LogP contribution in [0.25, 0.3) is 0 Å². The van der Waals surface area contributed by atoms with Crippen LogP contribution in [-0.2, 0) is 20.8 Å². The van der Waals surface area contributed by atoms with Crippen LogP contribution in [0.2, 0.25) is 0 Å². The highest BCUT2D eigenvalue weighted by Gasteiger charge is 2.33. The molecule has 1 heterocycles. The molecule has 0 radical (unpaired) electrons. The maximum atomic E-state index is 13.1. The molecule has 1 aliphatic heterocycles. The summed E-state index contributed by atoms with van der Waals surface area (Å²) in [6.45, 7) is 3.97. The SMILES string of the molecule is C[C@@H](Sc1ccc(NC(=O)CCC(=O)O)cc1)C(=O)N1c2ccccc2C[C@@H]1C. The lowest BCUT2D eigenvalue weighted by molar-refractivity contribution is -0.138. The van der Waals surface area contributed by atoms with Crippen LogP contribution in [0.1, 0.15) is 32.3 Å². The monoisotopic (exact) mass is 412 g/mol. The Bertz CT molecular complexity index is 913. The highest BCUT2D eigenvalue weighted by molar-refractivity contribution is 8.00. The predicted molar refractivity (Wildman–Crippen MR) is 114 cm³/mol. The van der Waals surface area contributed by atoms with Crippen molar-refractivity contribution in [3.8, 4) is 0 Å². The number of carboxylic acids is 1. The lowest BCUT2D eigenvalue weighted by Gasteiger charge is -2.26. The van der Waals surface area contributed by atoms with E-state index in [1.54, 1.807) is 12.1 Å². The van der Waals surface area contributed by atoms with Crippen molar-refractivity contribution in [2.24, 2.45) is 0 Å². The number of fused-ring (bicyclic) bond motifs is 1. The number of nitrogens with zero attached hydrogens (tertiary/aromatic N) is 1. The van der Waals surface area contributed by atoms with Gasteiger partial charge in [0.25, 0.3) is 0 Å². The Morgan fingerprint density at radius 1 is 1.14 bits per heavy atom. The number of carbonyl (C=O) groups excluding carboxylic acids is 2. The first kappa shape index (κ1) is 20.9. The first-order chi connectivity index (χ1) is 13.8. The van der Waals surface area contributed by atoms with Gasteiger partial charge < -0.3 is 15.3 Å². The molecule has 152 valence electrons. The quantitative estimate of drug-likeness (QED) is 0.673. The van der Waals surface area contributed by atoms with E-state index in [0.717, 1.165) is 17.0 Å². The summed E-state index contributed by atoms with van der Waals surface area (Å²) in [7, 11) is 0. The molecule has 0 bridgehead atoms. The Labute approximate surface area is 174 Å². The van der Waals surface area contributed by atoms with Gasteiger partial charge in [0.1, 0.15) is 0 Å². The number of rotatable bonds is 7. The highest BCUT2D eigenvalue weighted by atomic mass is 32.2. The second kappa shape index (κ2) is 9.13. The van der Waals surface area contributed by atoms with E-state index in [9.17, 15) is 14.4 Å². The minimum atomic E-state index is -1.000. The Balaban J connectivity index is 1.59. The van der Waals surface area contributed by atoms with Gasteiger partial charge in [-0.3, -0.25) is 14.4 Å². The van der Waals surface area contributed by atoms with Crippen molar-refractivity contribution in [3.05, 3.63) is 54.1 Å². The van der Waals surface area contributed by atoms with E-state index in [1.165, 1.54) is 17.3 Å². The molecule has 0 spiro atoms. The zero-order chi connectivity index (χ0) is 21.0. The fourth-order valence-electron chi connectivity index (χ4n) is 3.41. The van der Waals surface area contributed by atoms with Crippen LogP contribution in [-0.4, -0.2) is 34.2 Å². The third kappa shape index (κ3) is 5.17. The average Bonchev–Trinajstić information content (AvgIpc) is 3.03. The number of anilines is 2. The van der Waals surface area contributed by atoms with Gasteiger partial charge in [-0.05, 0) is 56.2 Å². The molecule has 2 aromatic rings. The van der Waals surface area contributed by atoms with Crippen LogP contribution in [0, 0.1) is 0 Å². The van der Waals surface area contributed by atoms with Gasteiger partial charge in [0, 0.05) is 28.7 Å². The summed E-state index contributed by atoms with van der Waals surface area (Å²) in [5.41, 5.74) is 2.80. The number of carbonyl (C=O) groups is 3. The number of carboxylic acid groups (broad SMARTS) is 1. The Kier molecular flexibility index (Phi) is 6.59. The van der Waals surface area contributed by atoms with Crippen LogP contribution < -0.4 is 10.2 Å². The lowest BCUT2D eigenvalue weighted by Crippen LogP contribution is -2.40. The third-order valence-electron chi connectivity index (χ3n) is 4.81. The molecule has 0 aromatic heterocycles. The van der Waals surface area contributed by atoms with Crippen LogP contribution in [0.5, 0.6) is 0 Å². The van der Waals surface area contributed by atoms with E-state index in [-0.39, 0.29) is 35.9 Å². The van der Waals surface area contributed by atoms with Gasteiger partial charge >= 0.3 is 5.97 Å². The van der Waals surface area contributed by atoms with Gasteiger partial charge in [-0.25, -0.2) is 0 Å². The number of para-hydroxylation sites is 1. The fourth-order valence-corrected chi connectivity index (χ4v) is 4.33. The van der Waals surface area contributed by atoms with Crippen LogP contribution in [0.15, 0.2) is 53.4 Å². The molecule has 6 nitrogen and oxygen atoms in total. The Morgan fingerprint density at radius 2 is 1.83 bits per heavy atom. The van der Waals surface area contributed by atoms with Gasteiger partial charge in [-0.2, -0.15) is 0 Å². The van der Waals surface area contributed by atoms with Gasteiger partial charge in [-0.15, -0.1) is 11.8 Å². The van der Waals surface area contributed by atoms with Crippen LogP contribution in [0.3, 0.4) is 0 Å². The van der Waals surface area contributed by atoms with Crippen molar-refractivity contribution < 1.29 is 19.5 Å². The molecule has 2 N–H and O–H groups in total. The summed E-state index contributed by atoms with van der Waals surface area (Å²) in [6, 6.07) is 15.4. The maximum absolute atomic E-state index is 13.1. The van der Waals surface area contributed by atoms with Crippen molar-refractivity contribution in [2.75, 3.05) is 10.2 Å². The van der Waals surface area contributed by atoms with Crippen molar-refractivity contribution in [2.45, 2.75) is 49.3 Å². The van der Waals surface area contributed by atoms with Gasteiger partial charge in [0.2, 0.25) is 11.8 Å². The van der Waals surface area contributed by atoms with Crippen molar-refractivity contribution >= 4 is 40.9 Å². The van der Waals surface area contributed by atoms with E-state index >= 15 is 0 Å². The highest BCUT2D eigenvalue weighted by Crippen LogP contribution is 2.35. The van der Waals surface area contributed by atoms with Crippen LogP contribution in [0.4, 0.5) is 11.4 Å². The van der Waals surface area contributed by atoms with Crippen molar-refractivity contribution in [1.29, 1.82) is 0 Å². The van der Waals surface area contributed by atoms with Crippen molar-refractivity contribution in [3.63, 3.8) is 0 Å². The predicted octanol–water partition coefficient (Wildman–Crippen LogP) is 3.95. The van der Waals surface area contributed by atoms with Gasteiger partial charge in [0.05, 0.1) is 11.7 Å². The number of benzene rings is 2. The second-order valence-corrected chi connectivity index (χ2v) is 8.53. The van der Waals surface area contributed by atoms with Gasteiger partial charge in [0.15, 0.2) is 0 Å². The molecular formula is C22H24N2O4S. The third-order valence-corrected chi connectivity index (χ3v) is 5.91. The van der Waals surface area contributed by atoms with E-state index in [2.05, 4.69) is 18.3 Å². The number of hydrogen-bond donors (Lipinski definition) is 2. The summed E-state index contributed by atoms with van der Waals surface area (Å²) < 4.78 is 0. The van der Waals surface area contributed by atoms with Crippen LogP contribution >= 0.6 is 11.8 Å². The largest absolute Gasteiger partial charge is 0.481 e. The summed E-state index contributed by atoms with van der Waals surface area (Å²) >= 11 is 1.48. The van der Waals surface area contributed by atoms with E-state index in [1.807, 2.05) is 42.2 Å². The zero-order valence-corrected chi connectivity index (χ0v) is 17.2. The molecule has 0 saturated heterocycles. The molecule has 2 amide bonds. The number of amides is 2. The summed E-state index contributed by atoms with van der Waals surface area (Å²) in [5, 5.41) is 11.1. The summed E-state index contributed by atoms with van der Waals surface area (Å²) in [5.74, 6) is -1.25. The molecule has 2 aromatic carbocycles. The fraction of sp³-hybridized carbons (Fsp3) is 0.318. The number of aliphatic carboxylic acids is 1. The molecule has 3 rings (SSSR count). The Morgan fingerprint density at radius 3 is 2.52 bits per heavy atom. The van der Waals surface area contributed by atoms with E-state index in [4.69, 9.17) is 5.11 Å². The topological polar surface area (TPSA) is 86.7 Å². The zero-order valence-electron chi connectivity index (χ0n) is 16.4.